The van der Waals surface area contributed by atoms with Crippen LogP contribution in [0.25, 0.3) is 30.8 Å². The van der Waals surface area contributed by atoms with Crippen molar-refractivity contribution in [2.45, 2.75) is 12.5 Å². The number of benzene rings is 2. The first-order valence-corrected chi connectivity index (χ1v) is 10.7. The molecule has 8 nitrogen and oxygen atoms in total. The van der Waals surface area contributed by atoms with Crippen LogP contribution in [0.3, 0.4) is 0 Å². The molecular formula is C20H20N6O2S2. The number of aromatic nitrogens is 2. The number of hydrogen-bond acceptors (Lipinski definition) is 10. The second-order valence-corrected chi connectivity index (χ2v) is 8.28. The van der Waals surface area contributed by atoms with Gasteiger partial charge in [-0.05, 0) is 5.56 Å². The molecule has 0 aliphatic heterocycles. The number of nitrogens with zero attached hydrogens (tertiary/aromatic N) is 2. The van der Waals surface area contributed by atoms with E-state index in [9.17, 15) is 0 Å². The Kier molecular flexibility index (Phi) is 6.13. The zero-order valence-electron chi connectivity index (χ0n) is 15.8. The predicted octanol–water partition coefficient (Wildman–Crippen LogP) is 3.56. The molecule has 0 aliphatic carbocycles. The van der Waals surface area contributed by atoms with Crippen LogP contribution in [-0.2, 0) is 9.47 Å². The molecule has 0 saturated heterocycles. The molecule has 4 aromatic rings. The Morgan fingerprint density at radius 1 is 0.833 bits per heavy atom. The molecule has 2 aromatic carbocycles. The number of hydrogen-bond donors (Lipinski definition) is 4. The van der Waals surface area contributed by atoms with Crippen LogP contribution < -0.4 is 17.2 Å². The molecule has 0 spiro atoms. The standard InChI is InChI=1S/C20H20N6O2S2/c21-9-27-15(23)11-1-5-13(6-2-11)17-25-19-20(29-17)26-18(30-19)14-7-3-12(4-8-14)16(24)28-10-22/h1-9,15-16,21H,10,22-24H2. The molecule has 0 bridgehead atoms. The monoisotopic (exact) mass is 440 g/mol. The van der Waals surface area contributed by atoms with Crippen LogP contribution in [0.15, 0.2) is 48.5 Å². The highest BCUT2D eigenvalue weighted by Gasteiger charge is 2.14. The number of nitrogens with one attached hydrogen (secondary N) is 1. The van der Waals surface area contributed by atoms with Gasteiger partial charge in [0.15, 0.2) is 22.3 Å². The molecule has 0 aliphatic rings. The van der Waals surface area contributed by atoms with Gasteiger partial charge in [0, 0.05) is 16.7 Å². The van der Waals surface area contributed by atoms with Crippen molar-refractivity contribution in [1.82, 2.24) is 9.97 Å². The Morgan fingerprint density at radius 2 is 1.30 bits per heavy atom. The molecule has 0 fully saturated rings. The first-order chi connectivity index (χ1) is 14.6. The smallest absolute Gasteiger partial charge is 0.175 e. The van der Waals surface area contributed by atoms with Gasteiger partial charge in [-0.1, -0.05) is 71.2 Å². The van der Waals surface area contributed by atoms with Crippen LogP contribution in [0.4, 0.5) is 0 Å². The Hall–Kier alpha value is -2.73. The molecule has 2 atom stereocenters. The lowest BCUT2D eigenvalue weighted by molar-refractivity contribution is 0.0622. The van der Waals surface area contributed by atoms with Crippen LogP contribution in [0.1, 0.15) is 23.6 Å². The fourth-order valence-corrected chi connectivity index (χ4v) is 4.92. The summed E-state index contributed by atoms with van der Waals surface area (Å²) in [4.78, 5) is 11.3. The van der Waals surface area contributed by atoms with E-state index in [0.29, 0.717) is 0 Å². The summed E-state index contributed by atoms with van der Waals surface area (Å²) >= 11 is 3.09. The summed E-state index contributed by atoms with van der Waals surface area (Å²) < 4.78 is 10.2. The van der Waals surface area contributed by atoms with Crippen molar-refractivity contribution in [3.8, 4) is 21.1 Å². The minimum atomic E-state index is -0.650. The highest BCUT2D eigenvalue weighted by atomic mass is 32.1. The highest BCUT2D eigenvalue weighted by molar-refractivity contribution is 7.29. The normalized spacial score (nSPS) is 13.3. The van der Waals surface area contributed by atoms with E-state index >= 15 is 0 Å². The molecule has 4 rings (SSSR count). The summed E-state index contributed by atoms with van der Waals surface area (Å²) in [7, 11) is 0. The first-order valence-electron chi connectivity index (χ1n) is 9.04. The van der Waals surface area contributed by atoms with Gasteiger partial charge in [0.05, 0.1) is 6.73 Å². The number of rotatable bonds is 8. The summed E-state index contributed by atoms with van der Waals surface area (Å²) in [6.45, 7) is 0.0762. The molecular weight excluding hydrogens is 420 g/mol. The zero-order valence-corrected chi connectivity index (χ0v) is 17.5. The molecule has 30 heavy (non-hydrogen) atoms. The molecule has 7 N–H and O–H groups in total. The van der Waals surface area contributed by atoms with Crippen molar-refractivity contribution in [3.05, 3.63) is 59.7 Å². The van der Waals surface area contributed by atoms with E-state index in [0.717, 1.165) is 48.3 Å². The number of ether oxygens (including phenoxy) is 2. The second-order valence-electron chi connectivity index (χ2n) is 6.32. The summed E-state index contributed by atoms with van der Waals surface area (Å²) in [5.74, 6) is 0. The van der Waals surface area contributed by atoms with Gasteiger partial charge in [0.25, 0.3) is 0 Å². The van der Waals surface area contributed by atoms with E-state index in [-0.39, 0.29) is 6.73 Å². The van der Waals surface area contributed by atoms with Crippen molar-refractivity contribution in [2.24, 2.45) is 17.2 Å². The summed E-state index contributed by atoms with van der Waals surface area (Å²) in [6, 6.07) is 15.4. The van der Waals surface area contributed by atoms with E-state index in [1.54, 1.807) is 22.7 Å². The van der Waals surface area contributed by atoms with Crippen molar-refractivity contribution in [1.29, 1.82) is 5.41 Å². The molecule has 154 valence electrons. The Morgan fingerprint density at radius 3 is 1.73 bits per heavy atom. The van der Waals surface area contributed by atoms with Gasteiger partial charge in [-0.3, -0.25) is 11.1 Å². The number of nitrogens with two attached hydrogens (primary N) is 3. The SMILES string of the molecule is N=COC(N)c1ccc(-c2nc3sc(-c4ccc(C(N)OCN)cc4)nc3s2)cc1. The maximum Gasteiger partial charge on any atom is 0.175 e. The maximum atomic E-state index is 6.97. The zero-order chi connectivity index (χ0) is 21.1. The van der Waals surface area contributed by atoms with Gasteiger partial charge in [-0.25, -0.2) is 9.97 Å². The van der Waals surface area contributed by atoms with Crippen molar-refractivity contribution in [2.75, 3.05) is 6.73 Å². The number of fused-ring (bicyclic) bond motifs is 1. The minimum absolute atomic E-state index is 0.0762. The van der Waals surface area contributed by atoms with Gasteiger partial charge in [-0.2, -0.15) is 0 Å². The Bertz CT molecular complexity index is 1110. The molecule has 0 saturated carbocycles. The average Bonchev–Trinajstić information content (AvgIpc) is 3.34. The topological polar surface area (TPSA) is 146 Å². The minimum Gasteiger partial charge on any atom is -0.462 e. The van der Waals surface area contributed by atoms with E-state index in [2.05, 4.69) is 0 Å². The third-order valence-corrected chi connectivity index (χ3v) is 6.56. The summed E-state index contributed by atoms with van der Waals surface area (Å²) in [5, 5.41) is 8.77. The van der Waals surface area contributed by atoms with Crippen molar-refractivity contribution in [3.63, 3.8) is 0 Å². The molecule has 2 aromatic heterocycles. The maximum absolute atomic E-state index is 6.97. The fraction of sp³-hybridized carbons (Fsp3) is 0.150. The van der Waals surface area contributed by atoms with Gasteiger partial charge in [-0.15, -0.1) is 0 Å². The largest absolute Gasteiger partial charge is 0.462 e. The second kappa shape index (κ2) is 8.96. The molecule has 2 heterocycles. The average molecular weight is 441 g/mol. The Balaban J connectivity index is 1.53. The lowest BCUT2D eigenvalue weighted by Crippen LogP contribution is -2.18. The first kappa shape index (κ1) is 20.5. The van der Waals surface area contributed by atoms with Gasteiger partial charge >= 0.3 is 0 Å². The van der Waals surface area contributed by atoms with E-state index in [1.807, 2.05) is 48.5 Å². The van der Waals surface area contributed by atoms with Crippen molar-refractivity contribution >= 4 is 38.7 Å². The molecule has 2 unspecified atom stereocenters. The Labute approximate surface area is 180 Å². The predicted molar refractivity (Wildman–Crippen MR) is 120 cm³/mol. The van der Waals surface area contributed by atoms with Crippen LogP contribution in [0.5, 0.6) is 0 Å². The third-order valence-electron chi connectivity index (χ3n) is 4.44. The lowest BCUT2D eigenvalue weighted by Gasteiger charge is -2.11. The quantitative estimate of drug-likeness (QED) is 0.186. The highest BCUT2D eigenvalue weighted by Crippen LogP contribution is 2.37. The van der Waals surface area contributed by atoms with Gasteiger partial charge in [0.2, 0.25) is 0 Å². The summed E-state index contributed by atoms with van der Waals surface area (Å²) in [5.41, 5.74) is 20.7. The number of thiazole rings is 2. The van der Waals surface area contributed by atoms with Crippen LogP contribution in [0, 0.1) is 5.41 Å². The van der Waals surface area contributed by atoms with E-state index in [4.69, 9.17) is 42.1 Å². The van der Waals surface area contributed by atoms with Crippen LogP contribution >= 0.6 is 22.7 Å². The van der Waals surface area contributed by atoms with Crippen LogP contribution in [0.2, 0.25) is 0 Å². The lowest BCUT2D eigenvalue weighted by atomic mass is 10.1. The molecule has 0 amide bonds. The summed E-state index contributed by atoms with van der Waals surface area (Å²) in [6.07, 6.45) is -0.346. The third kappa shape index (κ3) is 4.24. The molecule has 10 heteroatoms. The molecule has 0 radical (unpaired) electrons. The van der Waals surface area contributed by atoms with Gasteiger partial charge < -0.3 is 20.9 Å². The van der Waals surface area contributed by atoms with E-state index in [1.165, 1.54) is 0 Å². The van der Waals surface area contributed by atoms with Crippen molar-refractivity contribution < 1.29 is 9.47 Å². The van der Waals surface area contributed by atoms with Gasteiger partial charge in [0.1, 0.15) is 16.2 Å². The van der Waals surface area contributed by atoms with E-state index < -0.39 is 12.5 Å². The fourth-order valence-electron chi connectivity index (χ4n) is 2.87. The van der Waals surface area contributed by atoms with Crippen LogP contribution in [-0.4, -0.2) is 23.1 Å².